The topological polar surface area (TPSA) is 46.6 Å². The highest BCUT2D eigenvalue weighted by atomic mass is 35.5. The van der Waals surface area contributed by atoms with E-state index < -0.39 is 5.41 Å². The van der Waals surface area contributed by atoms with Gasteiger partial charge in [-0.25, -0.2) is 0 Å². The van der Waals surface area contributed by atoms with Crippen molar-refractivity contribution < 1.29 is 14.3 Å². The van der Waals surface area contributed by atoms with Gasteiger partial charge in [0.2, 0.25) is 0 Å². The van der Waals surface area contributed by atoms with Crippen LogP contribution in [-0.4, -0.2) is 29.9 Å². The lowest BCUT2D eigenvalue weighted by Gasteiger charge is -2.40. The zero-order valence-electron chi connectivity index (χ0n) is 14.2. The van der Waals surface area contributed by atoms with Crippen molar-refractivity contribution in [3.8, 4) is 11.8 Å². The molecule has 3 rings (SSSR count). The SMILES string of the molecule is CCOC(=O)C12CCC=C1N(C(=O)C#Cc1ccccc1Cl)CCC2. The smallest absolute Gasteiger partial charge is 0.318 e. The van der Waals surface area contributed by atoms with Crippen LogP contribution in [0.5, 0.6) is 0 Å². The van der Waals surface area contributed by atoms with Gasteiger partial charge in [0.15, 0.2) is 0 Å². The molecule has 1 aliphatic heterocycles. The van der Waals surface area contributed by atoms with E-state index in [0.717, 1.165) is 25.0 Å². The number of carbonyl (C=O) groups excluding carboxylic acids is 2. The maximum absolute atomic E-state index is 12.7. The number of ether oxygens (including phenoxy) is 1. The number of likely N-dealkylation sites (tertiary alicyclic amines) is 1. The molecule has 25 heavy (non-hydrogen) atoms. The maximum Gasteiger partial charge on any atom is 0.318 e. The molecule has 1 amide bonds. The Labute approximate surface area is 152 Å². The van der Waals surface area contributed by atoms with E-state index in [9.17, 15) is 9.59 Å². The van der Waals surface area contributed by atoms with Crippen molar-refractivity contribution in [2.45, 2.75) is 32.6 Å². The van der Waals surface area contributed by atoms with Gasteiger partial charge >= 0.3 is 11.9 Å². The van der Waals surface area contributed by atoms with Gasteiger partial charge in [0.25, 0.3) is 0 Å². The quantitative estimate of drug-likeness (QED) is 0.600. The summed E-state index contributed by atoms with van der Waals surface area (Å²) in [6.07, 6.45) is 4.93. The number of fused-ring (bicyclic) bond motifs is 1. The Hall–Kier alpha value is -2.25. The van der Waals surface area contributed by atoms with E-state index in [0.29, 0.717) is 30.2 Å². The fraction of sp³-hybridized carbons (Fsp3) is 0.400. The molecule has 0 aromatic heterocycles. The fourth-order valence-corrected chi connectivity index (χ4v) is 3.78. The molecule has 1 heterocycles. The molecule has 1 aliphatic carbocycles. The van der Waals surface area contributed by atoms with Gasteiger partial charge in [0.1, 0.15) is 5.41 Å². The molecule has 0 bridgehead atoms. The molecule has 1 atom stereocenters. The largest absolute Gasteiger partial charge is 0.465 e. The van der Waals surface area contributed by atoms with E-state index in [1.165, 1.54) is 0 Å². The highest BCUT2D eigenvalue weighted by molar-refractivity contribution is 6.31. The van der Waals surface area contributed by atoms with Gasteiger partial charge in [0.05, 0.1) is 11.6 Å². The lowest BCUT2D eigenvalue weighted by Crippen LogP contribution is -2.46. The molecule has 1 aromatic carbocycles. The van der Waals surface area contributed by atoms with E-state index in [-0.39, 0.29) is 11.9 Å². The van der Waals surface area contributed by atoms with Crippen LogP contribution in [-0.2, 0) is 14.3 Å². The Balaban J connectivity index is 1.84. The minimum atomic E-state index is -0.685. The van der Waals surface area contributed by atoms with Crippen LogP contribution in [0.25, 0.3) is 0 Å². The summed E-state index contributed by atoms with van der Waals surface area (Å²) in [5.74, 6) is 4.98. The van der Waals surface area contributed by atoms with E-state index in [1.54, 1.807) is 24.0 Å². The molecule has 4 nitrogen and oxygen atoms in total. The summed E-state index contributed by atoms with van der Waals surface area (Å²) in [5, 5.41) is 0.516. The number of halogens is 1. The van der Waals surface area contributed by atoms with Gasteiger partial charge < -0.3 is 9.64 Å². The Morgan fingerprint density at radius 3 is 2.88 bits per heavy atom. The van der Waals surface area contributed by atoms with Crippen LogP contribution in [0.4, 0.5) is 0 Å². The summed E-state index contributed by atoms with van der Waals surface area (Å²) in [4.78, 5) is 26.8. The molecular weight excluding hydrogens is 338 g/mol. The van der Waals surface area contributed by atoms with Gasteiger partial charge in [-0.05, 0) is 44.7 Å². The number of rotatable bonds is 2. The monoisotopic (exact) mass is 357 g/mol. The molecule has 5 heteroatoms. The second kappa shape index (κ2) is 7.33. The summed E-state index contributed by atoms with van der Waals surface area (Å²) in [5.41, 5.74) is 0.693. The number of carbonyl (C=O) groups is 2. The number of nitrogens with zero attached hydrogens (tertiary/aromatic N) is 1. The second-order valence-electron chi connectivity index (χ2n) is 6.22. The fourth-order valence-electron chi connectivity index (χ4n) is 3.60. The molecular formula is C20H20ClNO3. The van der Waals surface area contributed by atoms with Gasteiger partial charge in [-0.2, -0.15) is 0 Å². The first-order chi connectivity index (χ1) is 12.1. The second-order valence-corrected chi connectivity index (χ2v) is 6.63. The standard InChI is InChI=1S/C20H20ClNO3/c1-2-25-19(24)20-12-5-9-17(20)22(14-6-13-20)18(23)11-10-15-7-3-4-8-16(15)21/h3-4,7-9H,2,5-6,12-14H2,1H3. The van der Waals surface area contributed by atoms with E-state index in [1.807, 2.05) is 18.2 Å². The number of benzene rings is 1. The van der Waals surface area contributed by atoms with Crippen molar-refractivity contribution >= 4 is 23.5 Å². The predicted molar refractivity (Wildman–Crippen MR) is 95.7 cm³/mol. The molecule has 0 spiro atoms. The molecule has 0 saturated carbocycles. The predicted octanol–water partition coefficient (Wildman–Crippen LogP) is 3.54. The Bertz CT molecular complexity index is 790. The average Bonchev–Trinajstić information content (AvgIpc) is 3.06. The van der Waals surface area contributed by atoms with E-state index >= 15 is 0 Å². The van der Waals surface area contributed by atoms with Crippen molar-refractivity contribution in [1.29, 1.82) is 0 Å². The summed E-state index contributed by atoms with van der Waals surface area (Å²) < 4.78 is 5.29. The van der Waals surface area contributed by atoms with Crippen molar-refractivity contribution in [3.63, 3.8) is 0 Å². The number of esters is 1. The van der Waals surface area contributed by atoms with Crippen molar-refractivity contribution in [2.75, 3.05) is 13.2 Å². The Kier molecular flexibility index (Phi) is 5.15. The average molecular weight is 358 g/mol. The Morgan fingerprint density at radius 1 is 1.32 bits per heavy atom. The van der Waals surface area contributed by atoms with Crippen molar-refractivity contribution in [3.05, 3.63) is 46.6 Å². The zero-order valence-corrected chi connectivity index (χ0v) is 14.9. The molecule has 1 unspecified atom stereocenters. The van der Waals surface area contributed by atoms with Crippen LogP contribution in [0, 0.1) is 17.3 Å². The van der Waals surface area contributed by atoms with Crippen LogP contribution in [0.1, 0.15) is 38.2 Å². The minimum absolute atomic E-state index is 0.227. The summed E-state index contributed by atoms with van der Waals surface area (Å²) in [7, 11) is 0. The third kappa shape index (κ3) is 3.29. The van der Waals surface area contributed by atoms with E-state index in [2.05, 4.69) is 11.8 Å². The molecule has 1 saturated heterocycles. The molecule has 2 aliphatic rings. The first-order valence-electron chi connectivity index (χ1n) is 8.54. The third-order valence-electron chi connectivity index (χ3n) is 4.76. The van der Waals surface area contributed by atoms with Crippen LogP contribution in [0.3, 0.4) is 0 Å². The number of hydrogen-bond acceptors (Lipinski definition) is 3. The summed E-state index contributed by atoms with van der Waals surface area (Å²) in [6, 6.07) is 7.16. The van der Waals surface area contributed by atoms with Crippen molar-refractivity contribution in [1.82, 2.24) is 4.90 Å². The highest BCUT2D eigenvalue weighted by Crippen LogP contribution is 2.48. The molecule has 0 radical (unpaired) electrons. The van der Waals surface area contributed by atoms with Gasteiger partial charge in [0, 0.05) is 23.7 Å². The third-order valence-corrected chi connectivity index (χ3v) is 5.09. The van der Waals surface area contributed by atoms with Crippen LogP contribution in [0.15, 0.2) is 36.0 Å². The Morgan fingerprint density at radius 2 is 2.12 bits per heavy atom. The number of amides is 1. The van der Waals surface area contributed by atoms with Gasteiger partial charge in [-0.1, -0.05) is 35.7 Å². The zero-order chi connectivity index (χ0) is 17.9. The maximum atomic E-state index is 12.7. The summed E-state index contributed by atoms with van der Waals surface area (Å²) >= 11 is 6.08. The molecule has 1 fully saturated rings. The van der Waals surface area contributed by atoms with E-state index in [4.69, 9.17) is 16.3 Å². The molecule has 0 N–H and O–H groups in total. The van der Waals surface area contributed by atoms with Crippen molar-refractivity contribution in [2.24, 2.45) is 5.41 Å². The van der Waals surface area contributed by atoms with Gasteiger partial charge in [-0.3, -0.25) is 9.59 Å². The van der Waals surface area contributed by atoms with Crippen LogP contribution >= 0.6 is 11.6 Å². The first-order valence-corrected chi connectivity index (χ1v) is 8.92. The van der Waals surface area contributed by atoms with Gasteiger partial charge in [-0.15, -0.1) is 0 Å². The number of allylic oxidation sites excluding steroid dienone is 1. The highest BCUT2D eigenvalue weighted by Gasteiger charge is 2.50. The lowest BCUT2D eigenvalue weighted by molar-refractivity contribution is -0.156. The normalized spacial score (nSPS) is 21.7. The number of hydrogen-bond donors (Lipinski definition) is 0. The lowest BCUT2D eigenvalue weighted by atomic mass is 9.77. The molecule has 130 valence electrons. The first kappa shape index (κ1) is 17.6. The van der Waals surface area contributed by atoms with Crippen LogP contribution < -0.4 is 0 Å². The minimum Gasteiger partial charge on any atom is -0.465 e. The number of piperidine rings is 1. The van der Waals surface area contributed by atoms with Crippen LogP contribution in [0.2, 0.25) is 5.02 Å². The summed E-state index contributed by atoms with van der Waals surface area (Å²) in [6.45, 7) is 2.71. The molecule has 1 aromatic rings.